The van der Waals surface area contributed by atoms with Gasteiger partial charge in [0, 0.05) is 12.2 Å². The van der Waals surface area contributed by atoms with Gasteiger partial charge in [-0.3, -0.25) is 18.9 Å². The molecule has 1 atom stereocenters. The molecule has 0 aliphatic carbocycles. The topological polar surface area (TPSA) is 63.9 Å². The Labute approximate surface area is 202 Å². The maximum Gasteiger partial charge on any atom is 0.269 e. The van der Waals surface area contributed by atoms with Crippen molar-refractivity contribution in [3.05, 3.63) is 74.0 Å². The fourth-order valence-electron chi connectivity index (χ4n) is 3.61. The molecule has 1 aliphatic rings. The first-order chi connectivity index (χ1) is 15.7. The molecule has 1 fully saturated rings. The van der Waals surface area contributed by atoms with Crippen LogP contribution in [0, 0.1) is 20.8 Å². The lowest BCUT2D eigenvalue weighted by atomic mass is 10.1. The normalized spacial score (nSPS) is 16.2. The maximum absolute atomic E-state index is 13.5. The van der Waals surface area contributed by atoms with Crippen molar-refractivity contribution in [3.8, 4) is 11.6 Å². The van der Waals surface area contributed by atoms with E-state index in [1.165, 1.54) is 16.2 Å². The first kappa shape index (κ1) is 23.2. The standard InChI is InChI=1S/C25H25N3O3S2/c1-6-16(4)28-24(30)20(33-25(28)32)13-18-22(31-19-11-7-9-14(2)17(19)5)26-21-15(3)10-8-12-27(21)23(18)29/h7-13,16H,6H2,1-5H3/b20-13+. The van der Waals surface area contributed by atoms with Crippen LogP contribution in [0.5, 0.6) is 11.6 Å². The predicted octanol–water partition coefficient (Wildman–Crippen LogP) is 5.41. The van der Waals surface area contributed by atoms with Crippen molar-refractivity contribution in [1.82, 2.24) is 14.3 Å². The van der Waals surface area contributed by atoms with E-state index in [2.05, 4.69) is 4.98 Å². The number of thiocarbonyl (C=S) groups is 1. The average Bonchev–Trinajstić information content (AvgIpc) is 3.07. The molecule has 4 rings (SSSR count). The minimum absolute atomic E-state index is 0.0208. The van der Waals surface area contributed by atoms with Gasteiger partial charge in [0.05, 0.1) is 4.91 Å². The molecule has 1 aromatic carbocycles. The molecular weight excluding hydrogens is 454 g/mol. The van der Waals surface area contributed by atoms with Gasteiger partial charge in [0.1, 0.15) is 21.3 Å². The fourth-order valence-corrected chi connectivity index (χ4v) is 5.05. The highest BCUT2D eigenvalue weighted by Gasteiger charge is 2.35. The predicted molar refractivity (Wildman–Crippen MR) is 137 cm³/mol. The third-order valence-electron chi connectivity index (χ3n) is 5.94. The van der Waals surface area contributed by atoms with Gasteiger partial charge in [-0.05, 0) is 69.0 Å². The summed E-state index contributed by atoms with van der Waals surface area (Å²) in [5.74, 6) is 0.573. The van der Waals surface area contributed by atoms with Gasteiger partial charge in [0.15, 0.2) is 0 Å². The van der Waals surface area contributed by atoms with Crippen LogP contribution in [0.2, 0.25) is 0 Å². The van der Waals surface area contributed by atoms with Crippen molar-refractivity contribution < 1.29 is 9.53 Å². The number of benzene rings is 1. The van der Waals surface area contributed by atoms with E-state index in [-0.39, 0.29) is 29.0 Å². The summed E-state index contributed by atoms with van der Waals surface area (Å²) in [5.41, 5.74) is 3.28. The number of fused-ring (bicyclic) bond motifs is 1. The minimum atomic E-state index is -0.308. The maximum atomic E-state index is 13.5. The summed E-state index contributed by atoms with van der Waals surface area (Å²) in [5, 5.41) is 0. The fraction of sp³-hybridized carbons (Fsp3) is 0.280. The average molecular weight is 480 g/mol. The van der Waals surface area contributed by atoms with Gasteiger partial charge in [0.2, 0.25) is 5.88 Å². The molecule has 1 unspecified atom stereocenters. The van der Waals surface area contributed by atoms with E-state index in [0.29, 0.717) is 20.6 Å². The van der Waals surface area contributed by atoms with Crippen LogP contribution in [0.3, 0.4) is 0 Å². The lowest BCUT2D eigenvalue weighted by molar-refractivity contribution is -0.123. The highest BCUT2D eigenvalue weighted by molar-refractivity contribution is 8.26. The quantitative estimate of drug-likeness (QED) is 0.360. The molecule has 3 heterocycles. The van der Waals surface area contributed by atoms with Gasteiger partial charge in [0.25, 0.3) is 11.5 Å². The van der Waals surface area contributed by atoms with Crippen molar-refractivity contribution >= 4 is 45.9 Å². The SMILES string of the molecule is CCC(C)N1C(=O)/C(=C\c2c(Oc3cccc(C)c3C)nc3c(C)cccn3c2=O)SC1=S. The van der Waals surface area contributed by atoms with Gasteiger partial charge in [-0.25, -0.2) is 0 Å². The van der Waals surface area contributed by atoms with Crippen LogP contribution in [0.25, 0.3) is 11.7 Å². The van der Waals surface area contributed by atoms with Crippen molar-refractivity contribution in [1.29, 1.82) is 0 Å². The molecule has 1 saturated heterocycles. The minimum Gasteiger partial charge on any atom is -0.438 e. The summed E-state index contributed by atoms with van der Waals surface area (Å²) < 4.78 is 8.16. The largest absolute Gasteiger partial charge is 0.438 e. The van der Waals surface area contributed by atoms with E-state index < -0.39 is 0 Å². The molecule has 1 amide bonds. The van der Waals surface area contributed by atoms with E-state index in [1.54, 1.807) is 23.2 Å². The molecule has 0 radical (unpaired) electrons. The zero-order valence-electron chi connectivity index (χ0n) is 19.2. The van der Waals surface area contributed by atoms with Crippen LogP contribution in [-0.4, -0.2) is 30.6 Å². The Bertz CT molecular complexity index is 1380. The summed E-state index contributed by atoms with van der Waals surface area (Å²) in [6.07, 6.45) is 4.01. The zero-order valence-corrected chi connectivity index (χ0v) is 20.8. The molecule has 6 nitrogen and oxygen atoms in total. The number of aryl methyl sites for hydroxylation is 2. The third kappa shape index (κ3) is 4.20. The number of carbonyl (C=O) groups excluding carboxylic acids is 1. The summed E-state index contributed by atoms with van der Waals surface area (Å²) in [7, 11) is 0. The molecule has 170 valence electrons. The van der Waals surface area contributed by atoms with Crippen molar-refractivity contribution in [3.63, 3.8) is 0 Å². The molecule has 0 bridgehead atoms. The molecule has 1 aliphatic heterocycles. The molecule has 33 heavy (non-hydrogen) atoms. The van der Waals surface area contributed by atoms with Crippen molar-refractivity contribution in [2.75, 3.05) is 0 Å². The second-order valence-electron chi connectivity index (χ2n) is 8.13. The van der Waals surface area contributed by atoms with Gasteiger partial charge in [-0.2, -0.15) is 4.98 Å². The molecule has 8 heteroatoms. The van der Waals surface area contributed by atoms with E-state index >= 15 is 0 Å². The Morgan fingerprint density at radius 3 is 2.61 bits per heavy atom. The molecule has 0 saturated carbocycles. The van der Waals surface area contributed by atoms with Crippen LogP contribution in [-0.2, 0) is 4.79 Å². The number of ether oxygens (including phenoxy) is 1. The van der Waals surface area contributed by atoms with Gasteiger partial charge in [-0.1, -0.05) is 49.1 Å². The van der Waals surface area contributed by atoms with E-state index in [4.69, 9.17) is 17.0 Å². The van der Waals surface area contributed by atoms with Crippen LogP contribution in [0.1, 0.15) is 42.5 Å². The lowest BCUT2D eigenvalue weighted by Crippen LogP contribution is -2.36. The highest BCUT2D eigenvalue weighted by atomic mass is 32.2. The lowest BCUT2D eigenvalue weighted by Gasteiger charge is -2.21. The van der Waals surface area contributed by atoms with E-state index in [9.17, 15) is 9.59 Å². The molecule has 0 N–H and O–H groups in total. The van der Waals surface area contributed by atoms with E-state index in [1.807, 2.05) is 58.9 Å². The van der Waals surface area contributed by atoms with Gasteiger partial charge >= 0.3 is 0 Å². The summed E-state index contributed by atoms with van der Waals surface area (Å²) >= 11 is 6.64. The number of nitrogens with zero attached hydrogens (tertiary/aromatic N) is 3. The third-order valence-corrected chi connectivity index (χ3v) is 7.27. The number of thioether (sulfide) groups is 1. The van der Waals surface area contributed by atoms with Crippen LogP contribution >= 0.6 is 24.0 Å². The van der Waals surface area contributed by atoms with Crippen molar-refractivity contribution in [2.45, 2.75) is 47.1 Å². The number of hydrogen-bond acceptors (Lipinski definition) is 6. The van der Waals surface area contributed by atoms with Crippen LogP contribution < -0.4 is 10.3 Å². The van der Waals surface area contributed by atoms with Gasteiger partial charge in [-0.15, -0.1) is 0 Å². The smallest absolute Gasteiger partial charge is 0.269 e. The zero-order chi connectivity index (χ0) is 23.9. The summed E-state index contributed by atoms with van der Waals surface area (Å²) in [4.78, 5) is 33.3. The number of aromatic nitrogens is 2. The number of carbonyl (C=O) groups is 1. The van der Waals surface area contributed by atoms with E-state index in [0.717, 1.165) is 23.1 Å². The Morgan fingerprint density at radius 1 is 1.15 bits per heavy atom. The van der Waals surface area contributed by atoms with Crippen LogP contribution in [0.4, 0.5) is 0 Å². The Hall–Kier alpha value is -2.97. The van der Waals surface area contributed by atoms with Crippen LogP contribution in [0.15, 0.2) is 46.2 Å². The number of amides is 1. The van der Waals surface area contributed by atoms with Gasteiger partial charge < -0.3 is 4.74 Å². The Kier molecular flexibility index (Phi) is 6.41. The summed E-state index contributed by atoms with van der Waals surface area (Å²) in [6.45, 7) is 9.81. The second-order valence-corrected chi connectivity index (χ2v) is 9.81. The first-order valence-electron chi connectivity index (χ1n) is 10.8. The highest BCUT2D eigenvalue weighted by Crippen LogP contribution is 2.36. The first-order valence-corrected chi connectivity index (χ1v) is 12.0. The number of pyridine rings is 1. The Balaban J connectivity index is 1.91. The number of hydrogen-bond donors (Lipinski definition) is 0. The number of rotatable bonds is 5. The van der Waals surface area contributed by atoms with Crippen molar-refractivity contribution in [2.24, 2.45) is 0 Å². The second kappa shape index (κ2) is 9.11. The molecule has 0 spiro atoms. The monoisotopic (exact) mass is 479 g/mol. The Morgan fingerprint density at radius 2 is 1.88 bits per heavy atom. The molecular formula is C25H25N3O3S2. The molecule has 3 aromatic rings. The molecule has 2 aromatic heterocycles. The summed E-state index contributed by atoms with van der Waals surface area (Å²) in [6, 6.07) is 9.40.